The second-order valence-electron chi connectivity index (χ2n) is 6.63. The number of fused-ring (bicyclic) bond motifs is 1. The molecule has 26 heavy (non-hydrogen) atoms. The Kier molecular flexibility index (Phi) is 6.32. The highest BCUT2D eigenvalue weighted by atomic mass is 19.4. The number of hydrogen-bond donors (Lipinski definition) is 3. The predicted octanol–water partition coefficient (Wildman–Crippen LogP) is 0.972. The number of piperazine rings is 1. The number of carboxylic acids is 2. The van der Waals surface area contributed by atoms with Gasteiger partial charge < -0.3 is 25.3 Å². The lowest BCUT2D eigenvalue weighted by Crippen LogP contribution is -2.50. The van der Waals surface area contributed by atoms with E-state index >= 15 is 0 Å². The third-order valence-corrected chi connectivity index (χ3v) is 4.98. The first-order valence-corrected chi connectivity index (χ1v) is 8.42. The zero-order valence-electron chi connectivity index (χ0n) is 14.0. The van der Waals surface area contributed by atoms with Crippen LogP contribution < -0.4 is 5.32 Å². The lowest BCUT2D eigenvalue weighted by Gasteiger charge is -2.33. The zero-order valence-corrected chi connectivity index (χ0v) is 14.0. The minimum atomic E-state index is -5.08. The summed E-state index contributed by atoms with van der Waals surface area (Å²) in [6.45, 7) is 3.35. The van der Waals surface area contributed by atoms with Crippen LogP contribution in [0.2, 0.25) is 0 Å². The molecule has 0 radical (unpaired) electrons. The Hall–Kier alpha value is -2.04. The van der Waals surface area contributed by atoms with Crippen molar-refractivity contribution in [1.29, 1.82) is 0 Å². The molecule has 8 nitrogen and oxygen atoms in total. The molecule has 1 unspecified atom stereocenters. The van der Waals surface area contributed by atoms with Gasteiger partial charge in [-0.1, -0.05) is 0 Å². The summed E-state index contributed by atoms with van der Waals surface area (Å²) in [5, 5.41) is 19.5. The van der Waals surface area contributed by atoms with E-state index in [1.54, 1.807) is 0 Å². The van der Waals surface area contributed by atoms with E-state index in [1.165, 1.54) is 0 Å². The van der Waals surface area contributed by atoms with Gasteiger partial charge in [0.15, 0.2) is 0 Å². The minimum absolute atomic E-state index is 0.158. The molecule has 2 heterocycles. The summed E-state index contributed by atoms with van der Waals surface area (Å²) < 4.78 is 31.7. The van der Waals surface area contributed by atoms with Gasteiger partial charge in [-0.05, 0) is 25.7 Å². The SMILES string of the molecule is O=C(O)C(F)(F)F.O=C1N2CCNCC2CN1[C@H]1CC[C@@H](C(=O)O)CC1. The number of rotatable bonds is 2. The molecule has 0 aromatic carbocycles. The van der Waals surface area contributed by atoms with Crippen molar-refractivity contribution in [3.8, 4) is 0 Å². The van der Waals surface area contributed by atoms with E-state index < -0.39 is 18.1 Å². The van der Waals surface area contributed by atoms with Gasteiger partial charge in [0.25, 0.3) is 0 Å². The molecule has 3 aliphatic rings. The highest BCUT2D eigenvalue weighted by molar-refractivity contribution is 5.78. The second-order valence-corrected chi connectivity index (χ2v) is 6.63. The number of hydrogen-bond acceptors (Lipinski definition) is 4. The maximum atomic E-state index is 12.4. The van der Waals surface area contributed by atoms with Gasteiger partial charge in [0.05, 0.1) is 12.0 Å². The molecule has 0 spiro atoms. The van der Waals surface area contributed by atoms with E-state index in [-0.39, 0.29) is 18.0 Å². The van der Waals surface area contributed by atoms with Gasteiger partial charge >= 0.3 is 24.1 Å². The molecule has 1 saturated carbocycles. The second kappa shape index (κ2) is 8.11. The van der Waals surface area contributed by atoms with Crippen LogP contribution in [0.4, 0.5) is 18.0 Å². The number of carbonyl (C=O) groups excluding carboxylic acids is 1. The van der Waals surface area contributed by atoms with Gasteiger partial charge in [0.2, 0.25) is 0 Å². The van der Waals surface area contributed by atoms with Crippen LogP contribution in [-0.4, -0.2) is 82.4 Å². The Morgan fingerprint density at radius 1 is 1.04 bits per heavy atom. The monoisotopic (exact) mass is 381 g/mol. The van der Waals surface area contributed by atoms with Crippen LogP contribution in [-0.2, 0) is 9.59 Å². The molecular weight excluding hydrogens is 359 g/mol. The van der Waals surface area contributed by atoms with E-state index in [0.29, 0.717) is 18.9 Å². The molecule has 3 N–H and O–H groups in total. The number of nitrogens with one attached hydrogen (secondary N) is 1. The van der Waals surface area contributed by atoms with Gasteiger partial charge in [0, 0.05) is 32.2 Å². The fourth-order valence-corrected chi connectivity index (χ4v) is 3.59. The highest BCUT2D eigenvalue weighted by Crippen LogP contribution is 2.31. The summed E-state index contributed by atoms with van der Waals surface area (Å²) in [4.78, 5) is 36.2. The summed E-state index contributed by atoms with van der Waals surface area (Å²) in [7, 11) is 0. The van der Waals surface area contributed by atoms with Gasteiger partial charge in [-0.3, -0.25) is 4.79 Å². The van der Waals surface area contributed by atoms with Gasteiger partial charge in [-0.15, -0.1) is 0 Å². The summed E-state index contributed by atoms with van der Waals surface area (Å²) in [5.41, 5.74) is 0. The average Bonchev–Trinajstić information content (AvgIpc) is 2.92. The first-order chi connectivity index (χ1) is 12.1. The summed E-state index contributed by atoms with van der Waals surface area (Å²) >= 11 is 0. The molecule has 1 aliphatic carbocycles. The molecule has 2 amide bonds. The smallest absolute Gasteiger partial charge is 0.481 e. The Morgan fingerprint density at radius 2 is 1.62 bits per heavy atom. The standard InChI is InChI=1S/C13H21N3O3.C2HF3O2/c17-12(18)9-1-3-10(4-2-9)16-8-11-7-14-5-6-15(11)13(16)19;3-2(4,5)1(6)7/h9-11,14H,1-8H2,(H,17,18);(H,6,7)/t9-,10+,11?;. The Labute approximate surface area is 147 Å². The van der Waals surface area contributed by atoms with Crippen molar-refractivity contribution in [2.75, 3.05) is 26.2 Å². The maximum absolute atomic E-state index is 12.4. The van der Waals surface area contributed by atoms with Gasteiger partial charge in [-0.25, -0.2) is 9.59 Å². The van der Waals surface area contributed by atoms with Crippen molar-refractivity contribution in [2.45, 2.75) is 43.9 Å². The normalized spacial score (nSPS) is 28.9. The largest absolute Gasteiger partial charge is 0.490 e. The van der Waals surface area contributed by atoms with E-state index in [0.717, 1.165) is 39.0 Å². The van der Waals surface area contributed by atoms with E-state index in [1.807, 2.05) is 9.80 Å². The van der Waals surface area contributed by atoms with Crippen LogP contribution in [0, 0.1) is 5.92 Å². The van der Waals surface area contributed by atoms with Crippen molar-refractivity contribution in [2.24, 2.45) is 5.92 Å². The van der Waals surface area contributed by atoms with Crippen LogP contribution >= 0.6 is 0 Å². The van der Waals surface area contributed by atoms with E-state index in [2.05, 4.69) is 5.32 Å². The van der Waals surface area contributed by atoms with Crippen LogP contribution in [0.3, 0.4) is 0 Å². The van der Waals surface area contributed by atoms with Gasteiger partial charge in [0.1, 0.15) is 0 Å². The van der Waals surface area contributed by atoms with Crippen molar-refractivity contribution >= 4 is 18.0 Å². The molecule has 0 aromatic rings. The molecule has 0 aromatic heterocycles. The molecule has 2 aliphatic heterocycles. The van der Waals surface area contributed by atoms with Crippen LogP contribution in [0.15, 0.2) is 0 Å². The van der Waals surface area contributed by atoms with Crippen molar-refractivity contribution in [1.82, 2.24) is 15.1 Å². The third kappa shape index (κ3) is 4.77. The Morgan fingerprint density at radius 3 is 2.08 bits per heavy atom. The average molecular weight is 381 g/mol. The first kappa shape index (κ1) is 20.3. The maximum Gasteiger partial charge on any atom is 0.490 e. The quantitative estimate of drug-likeness (QED) is 0.658. The van der Waals surface area contributed by atoms with Crippen LogP contribution in [0.5, 0.6) is 0 Å². The first-order valence-electron chi connectivity index (χ1n) is 8.42. The fraction of sp³-hybridized carbons (Fsp3) is 0.800. The van der Waals surface area contributed by atoms with Gasteiger partial charge in [-0.2, -0.15) is 13.2 Å². The van der Waals surface area contributed by atoms with Crippen LogP contribution in [0.1, 0.15) is 25.7 Å². The van der Waals surface area contributed by atoms with E-state index in [9.17, 15) is 22.8 Å². The summed E-state index contributed by atoms with van der Waals surface area (Å²) in [6, 6.07) is 0.706. The Balaban J connectivity index is 0.000000298. The minimum Gasteiger partial charge on any atom is -0.481 e. The number of carboxylic acid groups (broad SMARTS) is 2. The molecule has 148 valence electrons. The number of alkyl halides is 3. The van der Waals surface area contributed by atoms with Crippen molar-refractivity contribution < 1.29 is 37.8 Å². The lowest BCUT2D eigenvalue weighted by atomic mass is 9.85. The molecule has 2 saturated heterocycles. The highest BCUT2D eigenvalue weighted by Gasteiger charge is 2.42. The number of nitrogens with zero attached hydrogens (tertiary/aromatic N) is 2. The summed E-state index contributed by atoms with van der Waals surface area (Å²) in [5.74, 6) is -3.65. The molecule has 11 heteroatoms. The Bertz CT molecular complexity index is 549. The third-order valence-electron chi connectivity index (χ3n) is 4.98. The van der Waals surface area contributed by atoms with Crippen molar-refractivity contribution in [3.63, 3.8) is 0 Å². The molecule has 3 rings (SSSR count). The fourth-order valence-electron chi connectivity index (χ4n) is 3.59. The van der Waals surface area contributed by atoms with E-state index in [4.69, 9.17) is 15.0 Å². The topological polar surface area (TPSA) is 110 Å². The molecule has 3 fully saturated rings. The number of aliphatic carboxylic acids is 2. The number of amides is 2. The zero-order chi connectivity index (χ0) is 19.5. The predicted molar refractivity (Wildman–Crippen MR) is 82.5 cm³/mol. The number of carbonyl (C=O) groups is 3. The van der Waals surface area contributed by atoms with Crippen LogP contribution in [0.25, 0.3) is 0 Å². The number of urea groups is 1. The number of halogens is 3. The molecule has 1 atom stereocenters. The molecule has 0 bridgehead atoms. The van der Waals surface area contributed by atoms with Crippen molar-refractivity contribution in [3.05, 3.63) is 0 Å². The summed E-state index contributed by atoms with van der Waals surface area (Å²) in [6.07, 6.45) is -2.02. The lowest BCUT2D eigenvalue weighted by molar-refractivity contribution is -0.192. The molecular formula is C15H22F3N3O5.